The third kappa shape index (κ3) is 3.67. The molecule has 0 aliphatic carbocycles. The van der Waals surface area contributed by atoms with Crippen molar-refractivity contribution in [2.45, 2.75) is 25.8 Å². The normalized spacial score (nSPS) is 17.7. The van der Waals surface area contributed by atoms with Crippen molar-refractivity contribution in [1.29, 1.82) is 0 Å². The van der Waals surface area contributed by atoms with Crippen molar-refractivity contribution in [3.8, 4) is 11.5 Å². The summed E-state index contributed by atoms with van der Waals surface area (Å²) in [4.78, 5) is 12.4. The first-order valence-corrected chi connectivity index (χ1v) is 7.78. The average molecular weight is 315 g/mol. The van der Waals surface area contributed by atoms with Crippen LogP contribution in [-0.2, 0) is 17.6 Å². The third-order valence-corrected chi connectivity index (χ3v) is 4.03. The highest BCUT2D eigenvalue weighted by Crippen LogP contribution is 2.31. The minimum atomic E-state index is -0.171. The molecule has 0 fully saturated rings. The van der Waals surface area contributed by atoms with Gasteiger partial charge in [0.15, 0.2) is 0 Å². The standard InChI is InChI=1S/C18H21NO4/c1-12(8-16-4-3-7-22-16)19-18(20)14-9-13-5-6-15(21-2)10-17(13)23-11-14/h3-7,10,12,14H,8-9,11H2,1-2H3,(H,19,20)/t12-,14+/m0/s1. The van der Waals surface area contributed by atoms with E-state index in [1.54, 1.807) is 13.4 Å². The summed E-state index contributed by atoms with van der Waals surface area (Å²) in [5.41, 5.74) is 1.04. The summed E-state index contributed by atoms with van der Waals surface area (Å²) in [6.45, 7) is 2.36. The van der Waals surface area contributed by atoms with Crippen LogP contribution in [0.15, 0.2) is 41.0 Å². The maximum absolute atomic E-state index is 12.4. The van der Waals surface area contributed by atoms with E-state index in [0.29, 0.717) is 19.4 Å². The summed E-state index contributed by atoms with van der Waals surface area (Å²) in [6.07, 6.45) is 3.00. The van der Waals surface area contributed by atoms with E-state index >= 15 is 0 Å². The van der Waals surface area contributed by atoms with Gasteiger partial charge in [-0.15, -0.1) is 0 Å². The van der Waals surface area contributed by atoms with Gasteiger partial charge in [-0.3, -0.25) is 4.79 Å². The quantitative estimate of drug-likeness (QED) is 0.921. The third-order valence-electron chi connectivity index (χ3n) is 4.03. The van der Waals surface area contributed by atoms with Gasteiger partial charge in [0.05, 0.1) is 19.3 Å². The van der Waals surface area contributed by atoms with E-state index in [1.165, 1.54) is 0 Å². The second kappa shape index (κ2) is 6.77. The molecule has 2 heterocycles. The highest BCUT2D eigenvalue weighted by molar-refractivity contribution is 5.80. The molecular formula is C18H21NO4. The van der Waals surface area contributed by atoms with E-state index in [1.807, 2.05) is 37.3 Å². The van der Waals surface area contributed by atoms with Crippen LogP contribution in [0.4, 0.5) is 0 Å². The Labute approximate surface area is 135 Å². The zero-order valence-electron chi connectivity index (χ0n) is 13.4. The number of hydrogen-bond acceptors (Lipinski definition) is 4. The Morgan fingerprint density at radius 1 is 1.43 bits per heavy atom. The molecule has 0 radical (unpaired) electrons. The minimum absolute atomic E-state index is 0.0190. The first-order valence-electron chi connectivity index (χ1n) is 7.78. The lowest BCUT2D eigenvalue weighted by atomic mass is 9.95. The number of carbonyl (C=O) groups is 1. The van der Waals surface area contributed by atoms with E-state index in [0.717, 1.165) is 22.8 Å². The molecule has 1 aliphatic heterocycles. The molecule has 122 valence electrons. The largest absolute Gasteiger partial charge is 0.497 e. The fourth-order valence-corrected chi connectivity index (χ4v) is 2.79. The summed E-state index contributed by atoms with van der Waals surface area (Å²) in [5.74, 6) is 2.28. The number of furan rings is 1. The number of methoxy groups -OCH3 is 1. The Hall–Kier alpha value is -2.43. The van der Waals surface area contributed by atoms with Crippen molar-refractivity contribution in [2.75, 3.05) is 13.7 Å². The van der Waals surface area contributed by atoms with E-state index in [9.17, 15) is 4.79 Å². The van der Waals surface area contributed by atoms with Gasteiger partial charge in [-0.2, -0.15) is 0 Å². The smallest absolute Gasteiger partial charge is 0.227 e. The average Bonchev–Trinajstić information content (AvgIpc) is 3.06. The number of benzene rings is 1. The van der Waals surface area contributed by atoms with E-state index in [-0.39, 0.29) is 17.9 Å². The molecule has 1 N–H and O–H groups in total. The van der Waals surface area contributed by atoms with Crippen LogP contribution in [-0.4, -0.2) is 25.7 Å². The summed E-state index contributed by atoms with van der Waals surface area (Å²) in [5, 5.41) is 3.04. The number of amides is 1. The zero-order chi connectivity index (χ0) is 16.2. The number of hydrogen-bond donors (Lipinski definition) is 1. The molecule has 0 spiro atoms. The molecule has 2 aromatic rings. The molecule has 1 amide bonds. The van der Waals surface area contributed by atoms with Crippen LogP contribution < -0.4 is 14.8 Å². The van der Waals surface area contributed by atoms with E-state index in [4.69, 9.17) is 13.9 Å². The lowest BCUT2D eigenvalue weighted by Crippen LogP contribution is -2.42. The molecule has 5 nitrogen and oxygen atoms in total. The summed E-state index contributed by atoms with van der Waals surface area (Å²) >= 11 is 0. The predicted molar refractivity (Wildman–Crippen MR) is 85.7 cm³/mol. The highest BCUT2D eigenvalue weighted by Gasteiger charge is 2.27. The van der Waals surface area contributed by atoms with Gasteiger partial charge in [-0.1, -0.05) is 6.07 Å². The molecule has 0 saturated heterocycles. The van der Waals surface area contributed by atoms with Gasteiger partial charge in [-0.25, -0.2) is 0 Å². The molecule has 3 rings (SSSR count). The van der Waals surface area contributed by atoms with Gasteiger partial charge in [0.1, 0.15) is 23.9 Å². The van der Waals surface area contributed by atoms with Gasteiger partial charge in [0.2, 0.25) is 5.91 Å². The maximum Gasteiger partial charge on any atom is 0.227 e. The lowest BCUT2D eigenvalue weighted by molar-refractivity contribution is -0.126. The van der Waals surface area contributed by atoms with Gasteiger partial charge in [-0.05, 0) is 37.1 Å². The van der Waals surface area contributed by atoms with Gasteiger partial charge >= 0.3 is 0 Å². The zero-order valence-corrected chi connectivity index (χ0v) is 13.4. The van der Waals surface area contributed by atoms with Crippen LogP contribution in [0.3, 0.4) is 0 Å². The van der Waals surface area contributed by atoms with Crippen LogP contribution >= 0.6 is 0 Å². The molecule has 2 atom stereocenters. The molecule has 23 heavy (non-hydrogen) atoms. The fraction of sp³-hybridized carbons (Fsp3) is 0.389. The van der Waals surface area contributed by atoms with Gasteiger partial charge in [0, 0.05) is 18.5 Å². The Kier molecular flexibility index (Phi) is 4.55. The molecular weight excluding hydrogens is 294 g/mol. The van der Waals surface area contributed by atoms with Crippen LogP contribution in [0, 0.1) is 5.92 Å². The first-order chi connectivity index (χ1) is 11.2. The summed E-state index contributed by atoms with van der Waals surface area (Å²) in [6, 6.07) is 9.50. The van der Waals surface area contributed by atoms with Crippen molar-refractivity contribution in [3.63, 3.8) is 0 Å². The number of carbonyl (C=O) groups excluding carboxylic acids is 1. The minimum Gasteiger partial charge on any atom is -0.497 e. The molecule has 1 aromatic carbocycles. The number of ether oxygens (including phenoxy) is 2. The Morgan fingerprint density at radius 2 is 2.30 bits per heavy atom. The fourth-order valence-electron chi connectivity index (χ4n) is 2.79. The number of rotatable bonds is 5. The van der Waals surface area contributed by atoms with Crippen molar-refractivity contribution in [2.24, 2.45) is 5.92 Å². The van der Waals surface area contributed by atoms with Crippen molar-refractivity contribution < 1.29 is 18.7 Å². The van der Waals surface area contributed by atoms with E-state index < -0.39 is 0 Å². The highest BCUT2D eigenvalue weighted by atomic mass is 16.5. The SMILES string of the molecule is COc1ccc2c(c1)OC[C@H](C(=O)N[C@@H](C)Cc1ccco1)C2. The summed E-state index contributed by atoms with van der Waals surface area (Å²) < 4.78 is 16.2. The van der Waals surface area contributed by atoms with Crippen molar-refractivity contribution >= 4 is 5.91 Å². The van der Waals surface area contributed by atoms with Crippen LogP contribution in [0.2, 0.25) is 0 Å². The second-order valence-corrected chi connectivity index (χ2v) is 5.88. The summed E-state index contributed by atoms with van der Waals surface area (Å²) in [7, 11) is 1.63. The topological polar surface area (TPSA) is 60.7 Å². The Morgan fingerprint density at radius 3 is 3.04 bits per heavy atom. The van der Waals surface area contributed by atoms with Crippen LogP contribution in [0.1, 0.15) is 18.2 Å². The van der Waals surface area contributed by atoms with Crippen molar-refractivity contribution in [3.05, 3.63) is 47.9 Å². The van der Waals surface area contributed by atoms with Crippen LogP contribution in [0.5, 0.6) is 11.5 Å². The lowest BCUT2D eigenvalue weighted by Gasteiger charge is -2.26. The van der Waals surface area contributed by atoms with E-state index in [2.05, 4.69) is 5.32 Å². The van der Waals surface area contributed by atoms with Gasteiger partial charge in [0.25, 0.3) is 0 Å². The number of fused-ring (bicyclic) bond motifs is 1. The second-order valence-electron chi connectivity index (χ2n) is 5.88. The predicted octanol–water partition coefficient (Wildman–Crippen LogP) is 2.59. The van der Waals surface area contributed by atoms with Crippen LogP contribution in [0.25, 0.3) is 0 Å². The van der Waals surface area contributed by atoms with Gasteiger partial charge < -0.3 is 19.2 Å². The Bertz CT molecular complexity index is 666. The van der Waals surface area contributed by atoms with Crippen molar-refractivity contribution in [1.82, 2.24) is 5.32 Å². The number of nitrogens with one attached hydrogen (secondary N) is 1. The monoisotopic (exact) mass is 315 g/mol. The molecule has 0 unspecified atom stereocenters. The Balaban J connectivity index is 1.58. The molecule has 5 heteroatoms. The molecule has 1 aromatic heterocycles. The molecule has 1 aliphatic rings. The first kappa shape index (κ1) is 15.5. The maximum atomic E-state index is 12.4. The molecule has 0 saturated carbocycles. The molecule has 0 bridgehead atoms.